The number of hydrogen-bond acceptors (Lipinski definition) is 4. The number of anilines is 1. The van der Waals surface area contributed by atoms with Crippen molar-refractivity contribution in [3.63, 3.8) is 0 Å². The second kappa shape index (κ2) is 7.73. The van der Waals surface area contributed by atoms with Gasteiger partial charge in [0.05, 0.1) is 0 Å². The average molecular weight is 337 g/mol. The highest BCUT2D eigenvalue weighted by Gasteiger charge is 2.32. The minimum Gasteiger partial charge on any atom is -0.318 e. The SMILES string of the molecule is Bc1cnc(NC(=O)N(C2CCCCC2)C2CCSCC2)s1. The maximum Gasteiger partial charge on any atom is 0.324 e. The summed E-state index contributed by atoms with van der Waals surface area (Å²) < 4.78 is 1.13. The number of thiazole rings is 1. The van der Waals surface area contributed by atoms with Gasteiger partial charge in [0.25, 0.3) is 0 Å². The first-order chi connectivity index (χ1) is 10.7. The molecule has 0 atom stereocenters. The van der Waals surface area contributed by atoms with Crippen molar-refractivity contribution in [2.24, 2.45) is 0 Å². The number of hydrogen-bond donors (Lipinski definition) is 1. The molecule has 1 aromatic heterocycles. The largest absolute Gasteiger partial charge is 0.324 e. The molecule has 2 aliphatic rings. The fraction of sp³-hybridized carbons (Fsp3) is 0.733. The Hall–Kier alpha value is -0.685. The number of urea groups is 1. The zero-order valence-corrected chi connectivity index (χ0v) is 14.8. The van der Waals surface area contributed by atoms with E-state index in [1.807, 2.05) is 25.8 Å². The lowest BCUT2D eigenvalue weighted by Crippen LogP contribution is -2.51. The number of rotatable bonds is 3. The van der Waals surface area contributed by atoms with Crippen LogP contribution in [0.2, 0.25) is 0 Å². The minimum atomic E-state index is 0.0677. The maximum atomic E-state index is 12.9. The molecule has 22 heavy (non-hydrogen) atoms. The van der Waals surface area contributed by atoms with Gasteiger partial charge in [-0.15, -0.1) is 11.3 Å². The van der Waals surface area contributed by atoms with Crippen molar-refractivity contribution in [2.75, 3.05) is 16.8 Å². The molecule has 1 saturated carbocycles. The fourth-order valence-electron chi connectivity index (χ4n) is 3.52. The number of nitrogens with one attached hydrogen (secondary N) is 1. The molecule has 0 radical (unpaired) electrons. The predicted octanol–water partition coefficient (Wildman–Crippen LogP) is 2.46. The Morgan fingerprint density at radius 1 is 1.18 bits per heavy atom. The lowest BCUT2D eigenvalue weighted by molar-refractivity contribution is 0.128. The molecular weight excluding hydrogens is 313 g/mol. The molecule has 120 valence electrons. The van der Waals surface area contributed by atoms with Crippen molar-refractivity contribution >= 4 is 46.9 Å². The summed E-state index contributed by atoms with van der Waals surface area (Å²) >= 11 is 3.57. The van der Waals surface area contributed by atoms with Gasteiger partial charge in [-0.1, -0.05) is 19.3 Å². The van der Waals surface area contributed by atoms with E-state index < -0.39 is 0 Å². The van der Waals surface area contributed by atoms with E-state index >= 15 is 0 Å². The van der Waals surface area contributed by atoms with Crippen LogP contribution < -0.4 is 10.1 Å². The summed E-state index contributed by atoms with van der Waals surface area (Å²) in [7, 11) is 2.02. The first-order valence-electron chi connectivity index (χ1n) is 8.33. The topological polar surface area (TPSA) is 45.2 Å². The summed E-state index contributed by atoms with van der Waals surface area (Å²) in [4.78, 5) is 19.4. The summed E-state index contributed by atoms with van der Waals surface area (Å²) in [6.07, 6.45) is 10.2. The smallest absolute Gasteiger partial charge is 0.318 e. The lowest BCUT2D eigenvalue weighted by atomic mass is 9.92. The van der Waals surface area contributed by atoms with Crippen LogP contribution in [0.15, 0.2) is 6.20 Å². The van der Waals surface area contributed by atoms with Gasteiger partial charge in [0, 0.05) is 18.3 Å². The molecule has 7 heteroatoms. The van der Waals surface area contributed by atoms with Crippen molar-refractivity contribution in [1.29, 1.82) is 0 Å². The van der Waals surface area contributed by atoms with Gasteiger partial charge in [0.2, 0.25) is 0 Å². The molecule has 2 amide bonds. The van der Waals surface area contributed by atoms with E-state index in [-0.39, 0.29) is 6.03 Å². The second-order valence-corrected chi connectivity index (χ2v) is 8.71. The fourth-order valence-corrected chi connectivity index (χ4v) is 5.26. The summed E-state index contributed by atoms with van der Waals surface area (Å²) in [6, 6.07) is 0.895. The van der Waals surface area contributed by atoms with E-state index in [2.05, 4.69) is 15.2 Å². The molecule has 1 aliphatic carbocycles. The van der Waals surface area contributed by atoms with Crippen molar-refractivity contribution < 1.29 is 4.79 Å². The molecule has 0 aromatic carbocycles. The zero-order valence-electron chi connectivity index (χ0n) is 13.2. The number of aromatic nitrogens is 1. The van der Waals surface area contributed by atoms with Crippen LogP contribution in [0.25, 0.3) is 0 Å². The average Bonchev–Trinajstić information content (AvgIpc) is 2.95. The molecule has 0 spiro atoms. The van der Waals surface area contributed by atoms with Crippen LogP contribution in [-0.4, -0.2) is 47.4 Å². The quantitative estimate of drug-likeness (QED) is 0.862. The summed E-state index contributed by atoms with van der Waals surface area (Å²) in [5.41, 5.74) is 0. The lowest BCUT2D eigenvalue weighted by Gasteiger charge is -2.41. The molecular formula is C15H24BN3OS2. The Morgan fingerprint density at radius 2 is 1.86 bits per heavy atom. The molecule has 1 aromatic rings. The number of nitrogens with zero attached hydrogens (tertiary/aromatic N) is 2. The number of carbonyl (C=O) groups is 1. The van der Waals surface area contributed by atoms with E-state index in [0.717, 1.165) is 35.6 Å². The maximum absolute atomic E-state index is 12.9. The molecule has 4 nitrogen and oxygen atoms in total. The van der Waals surface area contributed by atoms with E-state index in [0.29, 0.717) is 12.1 Å². The third kappa shape index (κ3) is 3.99. The van der Waals surface area contributed by atoms with Crippen LogP contribution in [0.5, 0.6) is 0 Å². The summed E-state index contributed by atoms with van der Waals surface area (Å²) in [5.74, 6) is 2.36. The molecule has 0 unspecified atom stereocenters. The van der Waals surface area contributed by atoms with Gasteiger partial charge in [0.15, 0.2) is 13.0 Å². The van der Waals surface area contributed by atoms with Gasteiger partial charge in [-0.2, -0.15) is 11.8 Å². The van der Waals surface area contributed by atoms with Crippen LogP contribution >= 0.6 is 23.1 Å². The number of carbonyl (C=O) groups excluding carboxylic acids is 1. The van der Waals surface area contributed by atoms with Gasteiger partial charge < -0.3 is 4.90 Å². The Bertz CT molecular complexity index is 481. The highest BCUT2D eigenvalue weighted by Crippen LogP contribution is 2.30. The van der Waals surface area contributed by atoms with Crippen LogP contribution in [0.3, 0.4) is 0 Å². The van der Waals surface area contributed by atoms with Gasteiger partial charge >= 0.3 is 6.03 Å². The Kier molecular flexibility index (Phi) is 5.68. The van der Waals surface area contributed by atoms with Gasteiger partial charge in [-0.05, 0) is 42.0 Å². The second-order valence-electron chi connectivity index (χ2n) is 6.25. The third-order valence-corrected chi connectivity index (χ3v) is 6.50. The molecule has 3 rings (SSSR count). The normalized spacial score (nSPS) is 20.7. The molecule has 1 aliphatic heterocycles. The predicted molar refractivity (Wildman–Crippen MR) is 98.4 cm³/mol. The van der Waals surface area contributed by atoms with Crippen LogP contribution in [-0.2, 0) is 0 Å². The van der Waals surface area contributed by atoms with E-state index in [1.165, 1.54) is 30.8 Å². The monoisotopic (exact) mass is 337 g/mol. The molecule has 2 heterocycles. The molecule has 1 saturated heterocycles. The van der Waals surface area contributed by atoms with Crippen LogP contribution in [0, 0.1) is 0 Å². The van der Waals surface area contributed by atoms with Gasteiger partial charge in [-0.25, -0.2) is 9.78 Å². The van der Waals surface area contributed by atoms with Crippen molar-refractivity contribution in [3.8, 4) is 0 Å². The van der Waals surface area contributed by atoms with Gasteiger partial charge in [-0.3, -0.25) is 5.32 Å². The third-order valence-electron chi connectivity index (χ3n) is 4.62. The first kappa shape index (κ1) is 16.2. The highest BCUT2D eigenvalue weighted by atomic mass is 32.2. The highest BCUT2D eigenvalue weighted by molar-refractivity contribution is 7.99. The van der Waals surface area contributed by atoms with E-state index in [9.17, 15) is 4.79 Å². The summed E-state index contributed by atoms with van der Waals surface area (Å²) in [6.45, 7) is 0. The number of thioether (sulfide) groups is 1. The van der Waals surface area contributed by atoms with Crippen molar-refractivity contribution in [2.45, 2.75) is 57.0 Å². The Morgan fingerprint density at radius 3 is 2.50 bits per heavy atom. The summed E-state index contributed by atoms with van der Waals surface area (Å²) in [5, 5.41) is 3.78. The molecule has 2 fully saturated rings. The minimum absolute atomic E-state index is 0.0677. The van der Waals surface area contributed by atoms with Gasteiger partial charge in [0.1, 0.15) is 0 Å². The van der Waals surface area contributed by atoms with Crippen LogP contribution in [0.1, 0.15) is 44.9 Å². The van der Waals surface area contributed by atoms with Crippen LogP contribution in [0.4, 0.5) is 9.93 Å². The Balaban J connectivity index is 1.72. The molecule has 1 N–H and O–H groups in total. The number of amides is 2. The molecule has 0 bridgehead atoms. The van der Waals surface area contributed by atoms with Crippen molar-refractivity contribution in [1.82, 2.24) is 9.88 Å². The standard InChI is InChI=1S/C15H24BN3OS2/c16-13-10-17-14(22-13)18-15(20)19(11-4-2-1-3-5-11)12-6-8-21-9-7-12/h10-12H,1-9,16H2,(H,17,18,20). The van der Waals surface area contributed by atoms with Crippen molar-refractivity contribution in [3.05, 3.63) is 6.20 Å². The zero-order chi connectivity index (χ0) is 15.4. The van der Waals surface area contributed by atoms with E-state index in [4.69, 9.17) is 0 Å². The Labute approximate surface area is 141 Å². The van der Waals surface area contributed by atoms with E-state index in [1.54, 1.807) is 11.3 Å². The first-order valence-corrected chi connectivity index (χ1v) is 10.3.